The highest BCUT2D eigenvalue weighted by Crippen LogP contribution is 2.24. The Hall–Kier alpha value is -2.82. The number of piperidine rings is 1. The quantitative estimate of drug-likeness (QED) is 0.892. The van der Waals surface area contributed by atoms with Crippen molar-refractivity contribution in [2.75, 3.05) is 13.1 Å². The first-order valence-corrected chi connectivity index (χ1v) is 8.59. The smallest absolute Gasteiger partial charge is 0.336 e. The topological polar surface area (TPSA) is 69.6 Å². The van der Waals surface area contributed by atoms with Crippen LogP contribution in [-0.2, 0) is 6.54 Å². The molecule has 2 N–H and O–H groups in total. The second kappa shape index (κ2) is 7.83. The molecule has 0 bridgehead atoms. The van der Waals surface area contributed by atoms with Gasteiger partial charge in [0.1, 0.15) is 0 Å². The van der Waals surface area contributed by atoms with Crippen LogP contribution in [0.4, 0.5) is 4.79 Å². The molecule has 0 atom stereocenters. The van der Waals surface area contributed by atoms with Crippen molar-refractivity contribution >= 4 is 12.0 Å². The molecule has 0 spiro atoms. The lowest BCUT2D eigenvalue weighted by Crippen LogP contribution is -2.42. The Labute approximate surface area is 147 Å². The molecule has 0 unspecified atom stereocenters. The molecule has 1 aliphatic rings. The molecule has 1 aliphatic heterocycles. The molecule has 1 fully saturated rings. The summed E-state index contributed by atoms with van der Waals surface area (Å²) >= 11 is 0. The van der Waals surface area contributed by atoms with Gasteiger partial charge in [0.2, 0.25) is 0 Å². The van der Waals surface area contributed by atoms with Crippen LogP contribution in [0.1, 0.15) is 35.2 Å². The van der Waals surface area contributed by atoms with Crippen LogP contribution < -0.4 is 5.32 Å². The number of carboxylic acids is 1. The lowest BCUT2D eigenvalue weighted by Gasteiger charge is -2.26. The van der Waals surface area contributed by atoms with E-state index < -0.39 is 5.97 Å². The van der Waals surface area contributed by atoms with Gasteiger partial charge in [-0.15, -0.1) is 0 Å². The molecule has 2 aromatic carbocycles. The van der Waals surface area contributed by atoms with Gasteiger partial charge in [-0.2, -0.15) is 0 Å². The van der Waals surface area contributed by atoms with E-state index in [1.165, 1.54) is 6.42 Å². The third-order valence-corrected chi connectivity index (χ3v) is 4.51. The number of benzene rings is 2. The Bertz CT molecular complexity index is 750. The zero-order valence-corrected chi connectivity index (χ0v) is 14.1. The average Bonchev–Trinajstić information content (AvgIpc) is 2.67. The van der Waals surface area contributed by atoms with Gasteiger partial charge < -0.3 is 15.3 Å². The number of amides is 2. The average molecular weight is 338 g/mol. The van der Waals surface area contributed by atoms with Crippen LogP contribution in [0.2, 0.25) is 0 Å². The Kier molecular flexibility index (Phi) is 5.33. The number of nitrogens with one attached hydrogen (secondary N) is 1. The predicted octanol–water partition coefficient (Wildman–Crippen LogP) is 3.75. The molecule has 2 amide bonds. The van der Waals surface area contributed by atoms with Crippen molar-refractivity contribution in [1.29, 1.82) is 0 Å². The van der Waals surface area contributed by atoms with Crippen molar-refractivity contribution in [3.63, 3.8) is 0 Å². The largest absolute Gasteiger partial charge is 0.478 e. The summed E-state index contributed by atoms with van der Waals surface area (Å²) in [4.78, 5) is 25.3. The van der Waals surface area contributed by atoms with E-state index in [2.05, 4.69) is 5.32 Å². The fourth-order valence-corrected chi connectivity index (χ4v) is 3.11. The molecule has 1 heterocycles. The Morgan fingerprint density at radius 2 is 1.64 bits per heavy atom. The van der Waals surface area contributed by atoms with E-state index in [0.29, 0.717) is 12.1 Å². The van der Waals surface area contributed by atoms with Gasteiger partial charge in [-0.05, 0) is 42.0 Å². The summed E-state index contributed by atoms with van der Waals surface area (Å²) in [7, 11) is 0. The maximum Gasteiger partial charge on any atom is 0.336 e. The number of carbonyl (C=O) groups is 2. The van der Waals surface area contributed by atoms with Crippen LogP contribution in [0.25, 0.3) is 11.1 Å². The number of nitrogens with zero attached hydrogens (tertiary/aromatic N) is 1. The van der Waals surface area contributed by atoms with Crippen LogP contribution in [-0.4, -0.2) is 35.1 Å². The predicted molar refractivity (Wildman–Crippen MR) is 96.5 cm³/mol. The third-order valence-electron chi connectivity index (χ3n) is 4.51. The second-order valence-corrected chi connectivity index (χ2v) is 6.25. The van der Waals surface area contributed by atoms with Crippen molar-refractivity contribution in [3.05, 3.63) is 59.7 Å². The highest BCUT2D eigenvalue weighted by atomic mass is 16.4. The standard InChI is InChI=1S/C20H22N2O3/c23-19(24)18-7-3-2-6-17(18)16-10-8-15(9-11-16)14-21-20(25)22-12-4-1-5-13-22/h2-3,6-11H,1,4-5,12-14H2,(H,21,25)(H,23,24). The van der Waals surface area contributed by atoms with Crippen LogP contribution in [0.15, 0.2) is 48.5 Å². The molecule has 1 saturated heterocycles. The van der Waals surface area contributed by atoms with Crippen molar-refractivity contribution < 1.29 is 14.7 Å². The van der Waals surface area contributed by atoms with E-state index in [1.54, 1.807) is 18.2 Å². The second-order valence-electron chi connectivity index (χ2n) is 6.25. The fourth-order valence-electron chi connectivity index (χ4n) is 3.11. The minimum absolute atomic E-state index is 0.0139. The summed E-state index contributed by atoms with van der Waals surface area (Å²) in [5.41, 5.74) is 2.82. The number of hydrogen-bond donors (Lipinski definition) is 2. The first-order valence-electron chi connectivity index (χ1n) is 8.59. The number of carbonyl (C=O) groups excluding carboxylic acids is 1. The summed E-state index contributed by atoms with van der Waals surface area (Å²) < 4.78 is 0. The van der Waals surface area contributed by atoms with E-state index >= 15 is 0 Å². The third kappa shape index (κ3) is 4.18. The zero-order valence-electron chi connectivity index (χ0n) is 14.1. The molecule has 5 heteroatoms. The summed E-state index contributed by atoms with van der Waals surface area (Å²) in [5, 5.41) is 12.2. The van der Waals surface area contributed by atoms with Gasteiger partial charge >= 0.3 is 12.0 Å². The summed E-state index contributed by atoms with van der Waals surface area (Å²) in [6, 6.07) is 14.6. The van der Waals surface area contributed by atoms with Crippen molar-refractivity contribution in [2.45, 2.75) is 25.8 Å². The molecular weight excluding hydrogens is 316 g/mol. The van der Waals surface area contributed by atoms with E-state index in [1.807, 2.05) is 35.2 Å². The molecule has 2 aromatic rings. The summed E-state index contributed by atoms with van der Waals surface area (Å²) in [5.74, 6) is -0.937. The van der Waals surface area contributed by atoms with Gasteiger partial charge in [-0.1, -0.05) is 42.5 Å². The first-order chi connectivity index (χ1) is 12.1. The molecule has 0 aliphatic carbocycles. The van der Waals surface area contributed by atoms with Crippen LogP contribution in [0, 0.1) is 0 Å². The van der Waals surface area contributed by atoms with Gasteiger partial charge in [0, 0.05) is 19.6 Å². The van der Waals surface area contributed by atoms with Gasteiger partial charge in [-0.25, -0.2) is 9.59 Å². The fraction of sp³-hybridized carbons (Fsp3) is 0.300. The molecule has 0 saturated carbocycles. The number of hydrogen-bond acceptors (Lipinski definition) is 2. The normalized spacial score (nSPS) is 14.2. The van der Waals surface area contributed by atoms with E-state index in [9.17, 15) is 14.7 Å². The highest BCUT2D eigenvalue weighted by Gasteiger charge is 2.16. The van der Waals surface area contributed by atoms with Crippen molar-refractivity contribution in [3.8, 4) is 11.1 Å². The van der Waals surface area contributed by atoms with E-state index in [-0.39, 0.29) is 11.6 Å². The lowest BCUT2D eigenvalue weighted by molar-refractivity contribution is 0.0697. The molecular formula is C20H22N2O3. The SMILES string of the molecule is O=C(O)c1ccccc1-c1ccc(CNC(=O)N2CCCCC2)cc1. The van der Waals surface area contributed by atoms with E-state index in [0.717, 1.165) is 37.1 Å². The maximum absolute atomic E-state index is 12.1. The number of likely N-dealkylation sites (tertiary alicyclic amines) is 1. The van der Waals surface area contributed by atoms with Crippen LogP contribution in [0.5, 0.6) is 0 Å². The number of rotatable bonds is 4. The first kappa shape index (κ1) is 17.0. The van der Waals surface area contributed by atoms with Crippen molar-refractivity contribution in [1.82, 2.24) is 10.2 Å². The molecule has 25 heavy (non-hydrogen) atoms. The van der Waals surface area contributed by atoms with E-state index in [4.69, 9.17) is 0 Å². The molecule has 0 aromatic heterocycles. The zero-order chi connectivity index (χ0) is 17.6. The van der Waals surface area contributed by atoms with Gasteiger partial charge in [-0.3, -0.25) is 0 Å². The Morgan fingerprint density at radius 3 is 2.32 bits per heavy atom. The summed E-state index contributed by atoms with van der Waals surface area (Å²) in [6.07, 6.45) is 3.35. The molecule has 3 rings (SSSR count). The molecule has 5 nitrogen and oxygen atoms in total. The minimum Gasteiger partial charge on any atom is -0.478 e. The van der Waals surface area contributed by atoms with Gasteiger partial charge in [0.05, 0.1) is 5.56 Å². The number of carboxylic acid groups (broad SMARTS) is 1. The Balaban J connectivity index is 1.65. The molecule has 0 radical (unpaired) electrons. The number of urea groups is 1. The lowest BCUT2D eigenvalue weighted by atomic mass is 9.99. The maximum atomic E-state index is 12.1. The molecule has 130 valence electrons. The van der Waals surface area contributed by atoms with Crippen LogP contribution in [0.3, 0.4) is 0 Å². The van der Waals surface area contributed by atoms with Crippen LogP contribution >= 0.6 is 0 Å². The highest BCUT2D eigenvalue weighted by molar-refractivity contribution is 5.96. The van der Waals surface area contributed by atoms with Gasteiger partial charge in [0.15, 0.2) is 0 Å². The Morgan fingerprint density at radius 1 is 0.960 bits per heavy atom. The van der Waals surface area contributed by atoms with Crippen molar-refractivity contribution in [2.24, 2.45) is 0 Å². The monoisotopic (exact) mass is 338 g/mol. The summed E-state index contributed by atoms with van der Waals surface area (Å²) in [6.45, 7) is 2.13. The van der Waals surface area contributed by atoms with Gasteiger partial charge in [0.25, 0.3) is 0 Å². The number of aromatic carboxylic acids is 1. The minimum atomic E-state index is -0.937.